The van der Waals surface area contributed by atoms with E-state index in [2.05, 4.69) is 24.4 Å². The maximum atomic E-state index is 5.88. The van der Waals surface area contributed by atoms with Gasteiger partial charge in [-0.2, -0.15) is 0 Å². The number of hydrogen-bond acceptors (Lipinski definition) is 3. The second-order valence-electron chi connectivity index (χ2n) is 5.70. The maximum Gasteiger partial charge on any atom is 0.120 e. The average Bonchev–Trinajstić information content (AvgIpc) is 2.36. The topological polar surface area (TPSA) is 30.5 Å². The maximum absolute atomic E-state index is 5.88. The van der Waals surface area contributed by atoms with Gasteiger partial charge in [0.25, 0.3) is 0 Å². The van der Waals surface area contributed by atoms with Gasteiger partial charge in [0.1, 0.15) is 5.75 Å². The van der Waals surface area contributed by atoms with Gasteiger partial charge in [-0.05, 0) is 38.3 Å². The molecule has 104 valence electrons. The first-order valence-electron chi connectivity index (χ1n) is 7.30. The summed E-state index contributed by atoms with van der Waals surface area (Å²) in [4.78, 5) is 0. The zero-order valence-corrected chi connectivity index (χ0v) is 11.8. The summed E-state index contributed by atoms with van der Waals surface area (Å²) in [6, 6.07) is 8.76. The van der Waals surface area contributed by atoms with Crippen molar-refractivity contribution in [3.63, 3.8) is 0 Å². The summed E-state index contributed by atoms with van der Waals surface area (Å²) in [6.45, 7) is 2.92. The summed E-state index contributed by atoms with van der Waals surface area (Å²) < 4.78 is 11.2. The Hall–Kier alpha value is -1.22. The van der Waals surface area contributed by atoms with Crippen LogP contribution in [0.4, 0.5) is 5.69 Å². The van der Waals surface area contributed by atoms with Crippen LogP contribution in [0, 0.1) is 5.41 Å². The first kappa shape index (κ1) is 12.8. The Balaban J connectivity index is 1.67. The molecule has 2 unspecified atom stereocenters. The van der Waals surface area contributed by atoms with E-state index in [-0.39, 0.29) is 0 Å². The molecule has 2 atom stereocenters. The Morgan fingerprint density at radius 1 is 1.37 bits per heavy atom. The quantitative estimate of drug-likeness (QED) is 0.880. The molecule has 19 heavy (non-hydrogen) atoms. The first-order valence-corrected chi connectivity index (χ1v) is 7.30. The highest BCUT2D eigenvalue weighted by molar-refractivity contribution is 5.50. The van der Waals surface area contributed by atoms with Gasteiger partial charge in [0.2, 0.25) is 0 Å². The van der Waals surface area contributed by atoms with Crippen LogP contribution in [0.2, 0.25) is 0 Å². The molecule has 2 saturated carbocycles. The monoisotopic (exact) mass is 261 g/mol. The van der Waals surface area contributed by atoms with Crippen LogP contribution in [-0.2, 0) is 4.74 Å². The molecule has 1 spiro atoms. The van der Waals surface area contributed by atoms with Crippen molar-refractivity contribution in [1.82, 2.24) is 0 Å². The fourth-order valence-electron chi connectivity index (χ4n) is 3.55. The van der Waals surface area contributed by atoms with Crippen molar-refractivity contribution in [2.75, 3.05) is 19.0 Å². The molecule has 0 radical (unpaired) electrons. The number of nitrogens with one attached hydrogen (secondary N) is 1. The van der Waals surface area contributed by atoms with Crippen LogP contribution in [0.1, 0.15) is 32.6 Å². The molecule has 1 N–H and O–H groups in total. The van der Waals surface area contributed by atoms with Crippen LogP contribution < -0.4 is 10.1 Å². The normalized spacial score (nSPS) is 27.5. The summed E-state index contributed by atoms with van der Waals surface area (Å²) >= 11 is 0. The van der Waals surface area contributed by atoms with Gasteiger partial charge in [0, 0.05) is 29.8 Å². The molecule has 3 nitrogen and oxygen atoms in total. The van der Waals surface area contributed by atoms with Gasteiger partial charge < -0.3 is 14.8 Å². The van der Waals surface area contributed by atoms with Crippen molar-refractivity contribution < 1.29 is 9.47 Å². The molecule has 2 fully saturated rings. The van der Waals surface area contributed by atoms with Crippen molar-refractivity contribution in [3.8, 4) is 5.75 Å². The second kappa shape index (κ2) is 5.04. The Bertz CT molecular complexity index is 442. The summed E-state index contributed by atoms with van der Waals surface area (Å²) in [6.07, 6.45) is 5.55. The molecule has 3 heteroatoms. The summed E-state index contributed by atoms with van der Waals surface area (Å²) in [5, 5.41) is 3.67. The zero-order valence-electron chi connectivity index (χ0n) is 11.8. The summed E-state index contributed by atoms with van der Waals surface area (Å²) in [5.74, 6) is 0.911. The van der Waals surface area contributed by atoms with Gasteiger partial charge in [0.15, 0.2) is 0 Å². The number of methoxy groups -OCH3 is 1. The molecule has 1 aromatic carbocycles. The van der Waals surface area contributed by atoms with Crippen LogP contribution in [0.15, 0.2) is 24.3 Å². The van der Waals surface area contributed by atoms with Crippen LogP contribution in [0.3, 0.4) is 0 Å². The van der Waals surface area contributed by atoms with Gasteiger partial charge in [0.05, 0.1) is 13.2 Å². The molecule has 0 saturated heterocycles. The number of anilines is 1. The average molecular weight is 261 g/mol. The van der Waals surface area contributed by atoms with Crippen molar-refractivity contribution in [2.45, 2.75) is 44.8 Å². The van der Waals surface area contributed by atoms with E-state index in [1.807, 2.05) is 12.1 Å². The van der Waals surface area contributed by atoms with Crippen LogP contribution in [0.25, 0.3) is 0 Å². The molecule has 2 aliphatic rings. The molecule has 0 heterocycles. The number of benzene rings is 1. The minimum Gasteiger partial charge on any atom is -0.497 e. The predicted octanol–water partition coefficient (Wildman–Crippen LogP) is 3.45. The fraction of sp³-hybridized carbons (Fsp3) is 0.625. The number of ether oxygens (including phenoxy) is 2. The highest BCUT2D eigenvalue weighted by Gasteiger charge is 2.58. The lowest BCUT2D eigenvalue weighted by Gasteiger charge is -2.61. The lowest BCUT2D eigenvalue weighted by Crippen LogP contribution is -2.64. The third-order valence-corrected chi connectivity index (χ3v) is 4.85. The van der Waals surface area contributed by atoms with E-state index in [9.17, 15) is 0 Å². The van der Waals surface area contributed by atoms with Gasteiger partial charge in [-0.25, -0.2) is 0 Å². The van der Waals surface area contributed by atoms with Gasteiger partial charge in [-0.3, -0.25) is 0 Å². The van der Waals surface area contributed by atoms with Crippen molar-refractivity contribution >= 4 is 5.69 Å². The number of hydrogen-bond donors (Lipinski definition) is 1. The predicted molar refractivity (Wildman–Crippen MR) is 76.7 cm³/mol. The summed E-state index contributed by atoms with van der Waals surface area (Å²) in [5.41, 5.74) is 1.56. The highest BCUT2D eigenvalue weighted by Crippen LogP contribution is 2.58. The molecule has 3 rings (SSSR count). The molecule has 0 aliphatic heterocycles. The number of rotatable bonds is 5. The Morgan fingerprint density at radius 2 is 2.21 bits per heavy atom. The SMILES string of the molecule is CCOC1CC(Nc2cccc(OC)c2)C12CCC2. The molecular formula is C16H23NO2. The zero-order chi connectivity index (χ0) is 13.3. The van der Waals surface area contributed by atoms with Gasteiger partial charge in [-0.15, -0.1) is 0 Å². The van der Waals surface area contributed by atoms with Gasteiger partial charge >= 0.3 is 0 Å². The van der Waals surface area contributed by atoms with Crippen molar-refractivity contribution in [1.29, 1.82) is 0 Å². The lowest BCUT2D eigenvalue weighted by molar-refractivity contribution is -0.157. The standard InChI is InChI=1S/C16H23NO2/c1-3-19-15-11-14(16(15)8-5-9-16)17-12-6-4-7-13(10-12)18-2/h4,6-7,10,14-15,17H,3,5,8-9,11H2,1-2H3. The molecule has 0 bridgehead atoms. The Labute approximate surface area is 115 Å². The molecule has 2 aliphatic carbocycles. The lowest BCUT2D eigenvalue weighted by atomic mass is 9.51. The van der Waals surface area contributed by atoms with E-state index in [0.29, 0.717) is 17.6 Å². The van der Waals surface area contributed by atoms with Crippen molar-refractivity contribution in [2.24, 2.45) is 5.41 Å². The van der Waals surface area contributed by atoms with E-state index in [1.165, 1.54) is 19.3 Å². The molecule has 1 aromatic rings. The minimum absolute atomic E-state index is 0.402. The third kappa shape index (κ3) is 2.10. The smallest absolute Gasteiger partial charge is 0.120 e. The second-order valence-corrected chi connectivity index (χ2v) is 5.70. The summed E-state index contributed by atoms with van der Waals surface area (Å²) in [7, 11) is 1.71. The van der Waals surface area contributed by atoms with Crippen molar-refractivity contribution in [3.05, 3.63) is 24.3 Å². The van der Waals surface area contributed by atoms with Crippen LogP contribution in [0.5, 0.6) is 5.75 Å². The van der Waals surface area contributed by atoms with Gasteiger partial charge in [-0.1, -0.05) is 12.5 Å². The van der Waals surface area contributed by atoms with E-state index in [4.69, 9.17) is 9.47 Å². The first-order chi connectivity index (χ1) is 9.28. The minimum atomic E-state index is 0.402. The highest BCUT2D eigenvalue weighted by atomic mass is 16.5. The van der Waals surface area contributed by atoms with Crippen LogP contribution >= 0.6 is 0 Å². The Kier molecular flexibility index (Phi) is 3.40. The Morgan fingerprint density at radius 3 is 2.84 bits per heavy atom. The largest absolute Gasteiger partial charge is 0.497 e. The fourth-order valence-corrected chi connectivity index (χ4v) is 3.55. The third-order valence-electron chi connectivity index (χ3n) is 4.85. The molecule has 0 amide bonds. The van der Waals surface area contributed by atoms with E-state index < -0.39 is 0 Å². The molecule has 0 aromatic heterocycles. The van der Waals surface area contributed by atoms with E-state index in [1.54, 1.807) is 7.11 Å². The molecular weight excluding hydrogens is 238 g/mol. The van der Waals surface area contributed by atoms with Crippen LogP contribution in [-0.4, -0.2) is 25.9 Å². The van der Waals surface area contributed by atoms with E-state index in [0.717, 1.165) is 24.5 Å². The van der Waals surface area contributed by atoms with E-state index >= 15 is 0 Å².